The van der Waals surface area contributed by atoms with Gasteiger partial charge < -0.3 is 0 Å². The van der Waals surface area contributed by atoms with E-state index in [1.54, 1.807) is 26.2 Å². The standard InChI is InChI=1S/C13H14F2N2O2S2/c1-13(2,3)17(12-16-6-7-20-12)21(18,19)9-4-5-10(14)11(15)8-9/h4-8H,1-3H3. The molecule has 0 fully saturated rings. The number of aromatic nitrogens is 1. The monoisotopic (exact) mass is 332 g/mol. The van der Waals surface area contributed by atoms with Crippen LogP contribution in [0.25, 0.3) is 0 Å². The number of thiazole rings is 1. The molecule has 0 spiro atoms. The zero-order valence-corrected chi connectivity index (χ0v) is 13.3. The van der Waals surface area contributed by atoms with Crippen LogP contribution in [-0.4, -0.2) is 18.9 Å². The van der Waals surface area contributed by atoms with Crippen molar-refractivity contribution in [1.82, 2.24) is 4.98 Å². The van der Waals surface area contributed by atoms with Crippen molar-refractivity contribution in [3.05, 3.63) is 41.4 Å². The molecular formula is C13H14F2N2O2S2. The molecule has 4 nitrogen and oxygen atoms in total. The SMILES string of the molecule is CC(C)(C)N(c1nccs1)S(=O)(=O)c1ccc(F)c(F)c1. The van der Waals surface area contributed by atoms with E-state index in [9.17, 15) is 17.2 Å². The minimum atomic E-state index is -4.05. The van der Waals surface area contributed by atoms with Crippen molar-refractivity contribution in [3.63, 3.8) is 0 Å². The van der Waals surface area contributed by atoms with Crippen LogP contribution in [0.3, 0.4) is 0 Å². The lowest BCUT2D eigenvalue weighted by Gasteiger charge is -2.34. The van der Waals surface area contributed by atoms with E-state index >= 15 is 0 Å². The number of nitrogens with zero attached hydrogens (tertiary/aromatic N) is 2. The highest BCUT2D eigenvalue weighted by Crippen LogP contribution is 2.32. The molecule has 1 heterocycles. The van der Waals surface area contributed by atoms with Gasteiger partial charge in [0.05, 0.1) is 10.4 Å². The summed E-state index contributed by atoms with van der Waals surface area (Å²) < 4.78 is 52.9. The van der Waals surface area contributed by atoms with Crippen molar-refractivity contribution in [2.75, 3.05) is 4.31 Å². The van der Waals surface area contributed by atoms with Gasteiger partial charge in [-0.25, -0.2) is 26.5 Å². The zero-order chi connectivity index (χ0) is 15.8. The van der Waals surface area contributed by atoms with Crippen molar-refractivity contribution in [2.24, 2.45) is 0 Å². The highest BCUT2D eigenvalue weighted by Gasteiger charge is 2.36. The number of rotatable bonds is 3. The fourth-order valence-corrected chi connectivity index (χ4v) is 4.64. The van der Waals surface area contributed by atoms with Gasteiger partial charge in [-0.3, -0.25) is 0 Å². The van der Waals surface area contributed by atoms with Gasteiger partial charge in [0.1, 0.15) is 0 Å². The molecule has 1 aromatic carbocycles. The van der Waals surface area contributed by atoms with Crippen LogP contribution in [0.4, 0.5) is 13.9 Å². The van der Waals surface area contributed by atoms with Crippen molar-refractivity contribution in [3.8, 4) is 0 Å². The Balaban J connectivity index is 2.60. The molecule has 0 aliphatic rings. The fraction of sp³-hybridized carbons (Fsp3) is 0.308. The molecule has 21 heavy (non-hydrogen) atoms. The summed E-state index contributed by atoms with van der Waals surface area (Å²) in [5.41, 5.74) is -0.804. The van der Waals surface area contributed by atoms with Gasteiger partial charge in [0.25, 0.3) is 10.0 Å². The van der Waals surface area contributed by atoms with Crippen molar-refractivity contribution >= 4 is 26.5 Å². The van der Waals surface area contributed by atoms with Crippen molar-refractivity contribution < 1.29 is 17.2 Å². The van der Waals surface area contributed by atoms with E-state index in [0.29, 0.717) is 6.07 Å². The normalized spacial score (nSPS) is 12.4. The van der Waals surface area contributed by atoms with Crippen molar-refractivity contribution in [1.29, 1.82) is 0 Å². The molecule has 0 amide bonds. The van der Waals surface area contributed by atoms with E-state index in [1.807, 2.05) is 0 Å². The predicted molar refractivity (Wildman–Crippen MR) is 77.9 cm³/mol. The number of sulfonamides is 1. The molecule has 0 atom stereocenters. The van der Waals surface area contributed by atoms with E-state index < -0.39 is 27.2 Å². The van der Waals surface area contributed by atoms with Gasteiger partial charge in [-0.15, -0.1) is 11.3 Å². The number of halogens is 2. The maximum Gasteiger partial charge on any atom is 0.266 e. The molecule has 0 radical (unpaired) electrons. The van der Waals surface area contributed by atoms with Crippen LogP contribution in [0.2, 0.25) is 0 Å². The molecule has 2 aromatic rings. The van der Waals surface area contributed by atoms with Crippen LogP contribution >= 0.6 is 11.3 Å². The first-order valence-electron chi connectivity index (χ1n) is 6.04. The van der Waals surface area contributed by atoms with Gasteiger partial charge in [0, 0.05) is 11.6 Å². The Morgan fingerprint density at radius 2 is 1.86 bits per heavy atom. The van der Waals surface area contributed by atoms with Gasteiger partial charge in [-0.2, -0.15) is 0 Å². The maximum absolute atomic E-state index is 13.3. The van der Waals surface area contributed by atoms with E-state index in [2.05, 4.69) is 4.98 Å². The molecule has 1 aromatic heterocycles. The molecule has 8 heteroatoms. The van der Waals surface area contributed by atoms with Crippen molar-refractivity contribution in [2.45, 2.75) is 31.2 Å². The predicted octanol–water partition coefficient (Wildman–Crippen LogP) is 3.42. The Morgan fingerprint density at radius 3 is 2.33 bits per heavy atom. The second-order valence-electron chi connectivity index (χ2n) is 5.33. The molecule has 0 N–H and O–H groups in total. The Bertz CT molecular complexity index is 738. The van der Waals surface area contributed by atoms with E-state index in [-0.39, 0.29) is 10.0 Å². The first-order chi connectivity index (χ1) is 9.64. The van der Waals surface area contributed by atoms with Gasteiger partial charge in [-0.1, -0.05) is 0 Å². The highest BCUT2D eigenvalue weighted by atomic mass is 32.2. The minimum Gasteiger partial charge on any atom is -0.236 e. The third-order valence-corrected chi connectivity index (χ3v) is 5.55. The largest absolute Gasteiger partial charge is 0.266 e. The van der Waals surface area contributed by atoms with Gasteiger partial charge in [0.15, 0.2) is 16.8 Å². The molecule has 0 saturated carbocycles. The van der Waals surface area contributed by atoms with E-state index in [4.69, 9.17) is 0 Å². The second kappa shape index (κ2) is 5.34. The number of benzene rings is 1. The van der Waals surface area contributed by atoms with Crippen LogP contribution in [0, 0.1) is 11.6 Å². The van der Waals surface area contributed by atoms with Gasteiger partial charge in [0.2, 0.25) is 0 Å². The summed E-state index contributed by atoms with van der Waals surface area (Å²) in [6, 6.07) is 2.52. The van der Waals surface area contributed by atoms with Gasteiger partial charge >= 0.3 is 0 Å². The van der Waals surface area contributed by atoms with E-state index in [0.717, 1.165) is 27.8 Å². The summed E-state index contributed by atoms with van der Waals surface area (Å²) in [5.74, 6) is -2.30. The Hall–Kier alpha value is -1.54. The third kappa shape index (κ3) is 3.06. The summed E-state index contributed by atoms with van der Waals surface area (Å²) in [7, 11) is -4.05. The minimum absolute atomic E-state index is 0.271. The Morgan fingerprint density at radius 1 is 1.19 bits per heavy atom. The average molecular weight is 332 g/mol. The number of hydrogen-bond acceptors (Lipinski definition) is 4. The summed E-state index contributed by atoms with van der Waals surface area (Å²) in [4.78, 5) is 3.70. The lowest BCUT2D eigenvalue weighted by molar-refractivity contribution is 0.502. The third-order valence-electron chi connectivity index (χ3n) is 2.63. The maximum atomic E-state index is 13.3. The molecule has 0 bridgehead atoms. The lowest BCUT2D eigenvalue weighted by Crippen LogP contribution is -2.45. The van der Waals surface area contributed by atoms with Crippen LogP contribution in [0.15, 0.2) is 34.7 Å². The summed E-state index contributed by atoms with van der Waals surface area (Å²) in [6.45, 7) is 5.10. The molecule has 0 aliphatic carbocycles. The fourth-order valence-electron chi connectivity index (χ4n) is 1.81. The average Bonchev–Trinajstić information content (AvgIpc) is 2.83. The summed E-state index contributed by atoms with van der Waals surface area (Å²) >= 11 is 1.15. The quantitative estimate of drug-likeness (QED) is 0.865. The molecule has 2 rings (SSSR count). The molecular weight excluding hydrogens is 318 g/mol. The molecule has 0 saturated heterocycles. The summed E-state index contributed by atoms with van der Waals surface area (Å²) in [6.07, 6.45) is 1.49. The first-order valence-corrected chi connectivity index (χ1v) is 8.36. The number of hydrogen-bond donors (Lipinski definition) is 0. The topological polar surface area (TPSA) is 50.3 Å². The smallest absolute Gasteiger partial charge is 0.236 e. The Labute approximate surface area is 126 Å². The van der Waals surface area contributed by atoms with Crippen LogP contribution < -0.4 is 4.31 Å². The molecule has 0 unspecified atom stereocenters. The lowest BCUT2D eigenvalue weighted by atomic mass is 10.1. The Kier molecular flexibility index (Phi) is 4.03. The molecule has 0 aliphatic heterocycles. The highest BCUT2D eigenvalue weighted by molar-refractivity contribution is 7.93. The first kappa shape index (κ1) is 15.8. The molecule has 114 valence electrons. The second-order valence-corrected chi connectivity index (χ2v) is 7.99. The van der Waals surface area contributed by atoms with Crippen LogP contribution in [0.1, 0.15) is 20.8 Å². The van der Waals surface area contributed by atoms with Crippen LogP contribution in [0.5, 0.6) is 0 Å². The zero-order valence-electron chi connectivity index (χ0n) is 11.7. The van der Waals surface area contributed by atoms with E-state index in [1.165, 1.54) is 6.20 Å². The van der Waals surface area contributed by atoms with Gasteiger partial charge in [-0.05, 0) is 39.0 Å². The van der Waals surface area contributed by atoms with Crippen LogP contribution in [-0.2, 0) is 10.0 Å². The number of anilines is 1. The summed E-state index contributed by atoms with van der Waals surface area (Å²) in [5, 5.41) is 1.92.